The molecule has 12 heavy (non-hydrogen) atoms. The lowest BCUT2D eigenvalue weighted by Crippen LogP contribution is -2.37. The maximum absolute atomic E-state index is 8.73. The molecule has 0 saturated carbocycles. The molecule has 0 aromatic heterocycles. The Morgan fingerprint density at radius 3 is 2.50 bits per heavy atom. The lowest BCUT2D eigenvalue weighted by Gasteiger charge is -2.18. The van der Waals surface area contributed by atoms with Crippen LogP contribution >= 0.6 is 35.3 Å². The highest BCUT2D eigenvalue weighted by Crippen LogP contribution is 1.96. The zero-order chi connectivity index (χ0) is 9.40. The van der Waals surface area contributed by atoms with Crippen LogP contribution in [0.25, 0.3) is 0 Å². The molecule has 0 aliphatic heterocycles. The Bertz CT molecular complexity index is 104. The number of aliphatic hydroxyl groups is 1. The van der Waals surface area contributed by atoms with Gasteiger partial charge in [0.15, 0.2) is 0 Å². The quantitative estimate of drug-likeness (QED) is 0.556. The molecule has 0 rings (SSSR count). The van der Waals surface area contributed by atoms with Crippen molar-refractivity contribution in [2.24, 2.45) is 0 Å². The number of aliphatic hydroxyl groups excluding tert-OH is 1. The predicted octanol–water partition coefficient (Wildman–Crippen LogP) is 0.290. The highest BCUT2D eigenvalue weighted by molar-refractivity contribution is 6.14. The fourth-order valence-corrected chi connectivity index (χ4v) is 1.09. The fraction of sp³-hybridized carbons (Fsp3) is 1.00. The fourth-order valence-electron chi connectivity index (χ4n) is 0.621. The van der Waals surface area contributed by atoms with Crippen LogP contribution in [0.15, 0.2) is 0 Å². The molecule has 0 radical (unpaired) electrons. The summed E-state index contributed by atoms with van der Waals surface area (Å²) < 4.78 is 1.49. The van der Waals surface area contributed by atoms with E-state index in [0.717, 1.165) is 0 Å². The smallest absolute Gasteiger partial charge is 0.0610 e. The van der Waals surface area contributed by atoms with Gasteiger partial charge in [0.2, 0.25) is 0 Å². The second-order valence-electron chi connectivity index (χ2n) is 2.24. The van der Waals surface area contributed by atoms with Gasteiger partial charge >= 0.3 is 0 Å². The van der Waals surface area contributed by atoms with Crippen LogP contribution in [-0.4, -0.2) is 41.8 Å². The molecular formula is C5H12Cl3N3O. The Labute approximate surface area is 87.1 Å². The molecule has 1 atom stereocenters. The van der Waals surface area contributed by atoms with Crippen molar-refractivity contribution in [3.63, 3.8) is 0 Å². The number of halogens is 3. The van der Waals surface area contributed by atoms with Gasteiger partial charge in [0, 0.05) is 19.6 Å². The molecule has 0 aliphatic carbocycles. The number of nitrogens with zero attached hydrogens (tertiary/aromatic N) is 1. The van der Waals surface area contributed by atoms with Crippen molar-refractivity contribution in [2.75, 3.05) is 26.2 Å². The van der Waals surface area contributed by atoms with E-state index >= 15 is 0 Å². The van der Waals surface area contributed by atoms with Crippen molar-refractivity contribution in [2.45, 2.75) is 6.04 Å². The maximum atomic E-state index is 8.73. The molecule has 3 N–H and O–H groups in total. The van der Waals surface area contributed by atoms with E-state index < -0.39 is 0 Å². The van der Waals surface area contributed by atoms with Gasteiger partial charge in [-0.05, 0) is 35.3 Å². The Morgan fingerprint density at radius 2 is 2.08 bits per heavy atom. The van der Waals surface area contributed by atoms with Crippen molar-refractivity contribution in [3.05, 3.63) is 0 Å². The van der Waals surface area contributed by atoms with Gasteiger partial charge in [-0.15, -0.1) is 0 Å². The molecule has 0 amide bonds. The van der Waals surface area contributed by atoms with Gasteiger partial charge in [-0.3, -0.25) is 0 Å². The second-order valence-corrected chi connectivity index (χ2v) is 3.20. The summed E-state index contributed by atoms with van der Waals surface area (Å²) in [6.07, 6.45) is 0. The average Bonchev–Trinajstić information content (AvgIpc) is 2.10. The second kappa shape index (κ2) is 8.31. The largest absolute Gasteiger partial charge is 0.395 e. The van der Waals surface area contributed by atoms with Gasteiger partial charge in [0.1, 0.15) is 0 Å². The molecule has 74 valence electrons. The molecule has 0 saturated heterocycles. The Hall–Kier alpha value is 0.710. The topological polar surface area (TPSA) is 47.5 Å². The maximum Gasteiger partial charge on any atom is 0.0610 e. The van der Waals surface area contributed by atoms with Crippen LogP contribution in [0, 0.1) is 0 Å². The third-order valence-electron chi connectivity index (χ3n) is 1.24. The van der Waals surface area contributed by atoms with E-state index in [1.807, 2.05) is 0 Å². The van der Waals surface area contributed by atoms with E-state index in [0.29, 0.717) is 19.6 Å². The van der Waals surface area contributed by atoms with Crippen LogP contribution in [0.2, 0.25) is 0 Å². The van der Waals surface area contributed by atoms with Crippen molar-refractivity contribution < 1.29 is 5.11 Å². The summed E-state index contributed by atoms with van der Waals surface area (Å²) in [5, 5.41) is 8.73. The average molecular weight is 237 g/mol. The monoisotopic (exact) mass is 235 g/mol. The number of nitrogens with one attached hydrogen (secondary N) is 2. The molecule has 4 nitrogen and oxygen atoms in total. The first kappa shape index (κ1) is 12.7. The van der Waals surface area contributed by atoms with Crippen LogP contribution in [0.1, 0.15) is 0 Å². The molecule has 0 fully saturated rings. The zero-order valence-corrected chi connectivity index (χ0v) is 8.70. The minimum absolute atomic E-state index is 0.0545. The van der Waals surface area contributed by atoms with Crippen molar-refractivity contribution in [1.29, 1.82) is 0 Å². The van der Waals surface area contributed by atoms with Crippen LogP contribution in [0.4, 0.5) is 0 Å². The van der Waals surface area contributed by atoms with E-state index in [1.54, 1.807) is 0 Å². The summed E-state index contributed by atoms with van der Waals surface area (Å²) in [5.41, 5.74) is 0. The first-order valence-corrected chi connectivity index (χ1v) is 4.55. The van der Waals surface area contributed by atoms with Gasteiger partial charge in [-0.1, -0.05) is 0 Å². The molecule has 0 spiro atoms. The summed E-state index contributed by atoms with van der Waals surface area (Å²) in [4.78, 5) is 4.84. The highest BCUT2D eigenvalue weighted by Gasteiger charge is 2.09. The lowest BCUT2D eigenvalue weighted by atomic mass is 10.3. The van der Waals surface area contributed by atoms with Crippen LogP contribution in [0.3, 0.4) is 0 Å². The van der Waals surface area contributed by atoms with Gasteiger partial charge < -0.3 is 5.11 Å². The Morgan fingerprint density at radius 1 is 1.42 bits per heavy atom. The Kier molecular flexibility index (Phi) is 8.81. The molecule has 0 unspecified atom stereocenters. The lowest BCUT2D eigenvalue weighted by molar-refractivity contribution is 0.237. The predicted molar refractivity (Wildman–Crippen MR) is 51.1 cm³/mol. The summed E-state index contributed by atoms with van der Waals surface area (Å²) in [7, 11) is 0. The number of hydrogen-bond donors (Lipinski definition) is 3. The highest BCUT2D eigenvalue weighted by atomic mass is 35.5. The molecule has 0 heterocycles. The summed E-state index contributed by atoms with van der Waals surface area (Å²) in [6.45, 7) is 1.56. The number of hydrogen-bond acceptors (Lipinski definition) is 4. The standard InChI is InChI=1S/C5H12Cl3N3O/c6-9-1-2-11(8)3-5(4-12)10-7/h5,9-10,12H,1-4H2/t5-/m1/s1. The molecule has 0 aromatic rings. The summed E-state index contributed by atoms with van der Waals surface area (Å²) >= 11 is 16.3. The normalized spacial score (nSPS) is 13.8. The van der Waals surface area contributed by atoms with E-state index in [1.165, 1.54) is 4.42 Å². The first-order chi connectivity index (χ1) is 5.74. The van der Waals surface area contributed by atoms with E-state index in [2.05, 4.69) is 9.67 Å². The summed E-state index contributed by atoms with van der Waals surface area (Å²) in [6, 6.07) is -0.223. The minimum atomic E-state index is -0.223. The van der Waals surface area contributed by atoms with Gasteiger partial charge in [0.05, 0.1) is 12.6 Å². The van der Waals surface area contributed by atoms with Crippen LogP contribution < -0.4 is 9.67 Å². The molecular weight excluding hydrogens is 224 g/mol. The van der Waals surface area contributed by atoms with Crippen molar-refractivity contribution >= 4 is 35.3 Å². The van der Waals surface area contributed by atoms with E-state index in [4.69, 9.17) is 40.4 Å². The van der Waals surface area contributed by atoms with Gasteiger partial charge in [-0.25, -0.2) is 14.1 Å². The van der Waals surface area contributed by atoms with Crippen molar-refractivity contribution in [3.8, 4) is 0 Å². The first-order valence-electron chi connectivity index (χ1n) is 3.45. The third kappa shape index (κ3) is 6.25. The molecule has 0 aromatic carbocycles. The van der Waals surface area contributed by atoms with Gasteiger partial charge in [-0.2, -0.15) is 0 Å². The van der Waals surface area contributed by atoms with E-state index in [9.17, 15) is 0 Å². The van der Waals surface area contributed by atoms with Crippen molar-refractivity contribution in [1.82, 2.24) is 14.1 Å². The molecule has 0 aliphatic rings. The molecule has 0 bridgehead atoms. The minimum Gasteiger partial charge on any atom is -0.395 e. The third-order valence-corrected chi connectivity index (χ3v) is 2.05. The zero-order valence-electron chi connectivity index (χ0n) is 6.43. The van der Waals surface area contributed by atoms with E-state index in [-0.39, 0.29) is 12.6 Å². The van der Waals surface area contributed by atoms with Gasteiger partial charge in [0.25, 0.3) is 0 Å². The SMILES string of the molecule is OC[C@@H](CN(Cl)CCNCl)NCl. The Balaban J connectivity index is 3.44. The van der Waals surface area contributed by atoms with Crippen LogP contribution in [-0.2, 0) is 0 Å². The summed E-state index contributed by atoms with van der Waals surface area (Å²) in [5.74, 6) is 0. The number of rotatable bonds is 7. The van der Waals surface area contributed by atoms with Crippen LogP contribution in [0.5, 0.6) is 0 Å². The molecule has 7 heteroatoms.